The van der Waals surface area contributed by atoms with Crippen molar-refractivity contribution >= 4 is 25.7 Å². The van der Waals surface area contributed by atoms with Gasteiger partial charge in [0, 0.05) is 24.2 Å². The number of hydrogen-bond donors (Lipinski definition) is 2. The summed E-state index contributed by atoms with van der Waals surface area (Å²) in [5.41, 5.74) is 0.262. The maximum atomic E-state index is 12.7. The molecule has 0 saturated heterocycles. The number of hydrogen-bond acceptors (Lipinski definition) is 6. The van der Waals surface area contributed by atoms with E-state index in [4.69, 9.17) is 9.47 Å². The van der Waals surface area contributed by atoms with Crippen LogP contribution in [0.4, 0.5) is 5.69 Å². The van der Waals surface area contributed by atoms with Gasteiger partial charge >= 0.3 is 0 Å². The number of rotatable bonds is 6. The molecule has 0 amide bonds. The van der Waals surface area contributed by atoms with Crippen LogP contribution in [-0.2, 0) is 20.0 Å². The Kier molecular flexibility index (Phi) is 4.94. The Morgan fingerprint density at radius 3 is 2.11 bits per heavy atom. The van der Waals surface area contributed by atoms with Gasteiger partial charge in [-0.15, -0.1) is 0 Å². The van der Waals surface area contributed by atoms with Gasteiger partial charge < -0.3 is 9.47 Å². The molecule has 4 rings (SSSR count). The van der Waals surface area contributed by atoms with Crippen molar-refractivity contribution in [2.24, 2.45) is 0 Å². The van der Waals surface area contributed by atoms with E-state index in [0.717, 1.165) is 19.3 Å². The quantitative estimate of drug-likeness (QED) is 0.735. The fourth-order valence-electron chi connectivity index (χ4n) is 2.72. The summed E-state index contributed by atoms with van der Waals surface area (Å²) < 4.78 is 65.8. The van der Waals surface area contributed by atoms with Gasteiger partial charge in [-0.25, -0.2) is 21.6 Å². The summed E-state index contributed by atoms with van der Waals surface area (Å²) in [7, 11) is -7.45. The summed E-state index contributed by atoms with van der Waals surface area (Å²) in [5.74, 6) is 0.891. The minimum atomic E-state index is -3.87. The molecule has 10 heteroatoms. The Morgan fingerprint density at radius 1 is 0.786 bits per heavy atom. The van der Waals surface area contributed by atoms with Gasteiger partial charge in [0.05, 0.1) is 23.0 Å². The van der Waals surface area contributed by atoms with E-state index in [2.05, 4.69) is 9.44 Å². The lowest BCUT2D eigenvalue weighted by Gasteiger charge is -2.12. The summed E-state index contributed by atoms with van der Waals surface area (Å²) in [5, 5.41) is 0. The highest BCUT2D eigenvalue weighted by Crippen LogP contribution is 2.32. The van der Waals surface area contributed by atoms with Crippen molar-refractivity contribution in [3.8, 4) is 11.5 Å². The molecule has 0 unspecified atom stereocenters. The molecular weight excluding hydrogens is 404 g/mol. The molecule has 8 nitrogen and oxygen atoms in total. The number of ether oxygens (including phenoxy) is 2. The molecule has 0 bridgehead atoms. The van der Waals surface area contributed by atoms with Gasteiger partial charge in [0.25, 0.3) is 10.0 Å². The first-order valence-electron chi connectivity index (χ1n) is 8.88. The zero-order valence-electron chi connectivity index (χ0n) is 14.9. The van der Waals surface area contributed by atoms with Crippen molar-refractivity contribution in [3.05, 3.63) is 42.5 Å². The van der Waals surface area contributed by atoms with E-state index in [9.17, 15) is 16.8 Å². The van der Waals surface area contributed by atoms with E-state index in [-0.39, 0.29) is 21.5 Å². The van der Waals surface area contributed by atoms with Crippen LogP contribution in [0.2, 0.25) is 0 Å². The van der Waals surface area contributed by atoms with Gasteiger partial charge in [-0.1, -0.05) is 0 Å². The number of sulfonamides is 2. The minimum absolute atomic E-state index is 0.00240. The molecule has 150 valence electrons. The van der Waals surface area contributed by atoms with E-state index in [1.54, 1.807) is 6.07 Å². The van der Waals surface area contributed by atoms with E-state index in [1.807, 2.05) is 0 Å². The zero-order valence-corrected chi connectivity index (χ0v) is 16.6. The smallest absolute Gasteiger partial charge is 0.262 e. The summed E-state index contributed by atoms with van der Waals surface area (Å²) in [6, 6.07) is 10.0. The zero-order chi connectivity index (χ0) is 19.8. The first kappa shape index (κ1) is 19.0. The van der Waals surface area contributed by atoms with Crippen molar-refractivity contribution in [3.63, 3.8) is 0 Å². The first-order chi connectivity index (χ1) is 13.3. The van der Waals surface area contributed by atoms with E-state index < -0.39 is 20.0 Å². The summed E-state index contributed by atoms with van der Waals surface area (Å²) in [6.45, 7) is 0.969. The molecule has 28 heavy (non-hydrogen) atoms. The van der Waals surface area contributed by atoms with Crippen LogP contribution in [0, 0.1) is 0 Å². The molecule has 1 aliphatic heterocycles. The molecule has 0 atom stereocenters. The van der Waals surface area contributed by atoms with E-state index >= 15 is 0 Å². The van der Waals surface area contributed by atoms with Crippen molar-refractivity contribution in [1.29, 1.82) is 0 Å². The van der Waals surface area contributed by atoms with Crippen LogP contribution in [-0.4, -0.2) is 36.1 Å². The maximum absolute atomic E-state index is 12.7. The van der Waals surface area contributed by atoms with Gasteiger partial charge in [-0.3, -0.25) is 4.72 Å². The highest BCUT2D eigenvalue weighted by Gasteiger charge is 2.28. The van der Waals surface area contributed by atoms with Crippen LogP contribution >= 0.6 is 0 Å². The number of benzene rings is 2. The SMILES string of the molecule is O=S(=O)(Nc1ccc(S(=O)(=O)NC2CC2)cc1)c1ccc2c(c1)OCCCO2. The highest BCUT2D eigenvalue weighted by molar-refractivity contribution is 7.92. The number of nitrogens with one attached hydrogen (secondary N) is 2. The second-order valence-electron chi connectivity index (χ2n) is 6.68. The molecule has 0 aromatic heterocycles. The van der Waals surface area contributed by atoms with Crippen molar-refractivity contribution in [2.75, 3.05) is 17.9 Å². The minimum Gasteiger partial charge on any atom is -0.490 e. The van der Waals surface area contributed by atoms with Gasteiger partial charge in [0.15, 0.2) is 11.5 Å². The predicted molar refractivity (Wildman–Crippen MR) is 103 cm³/mol. The Morgan fingerprint density at radius 2 is 1.43 bits per heavy atom. The van der Waals surface area contributed by atoms with Gasteiger partial charge in [-0.05, 0) is 49.2 Å². The number of anilines is 1. The highest BCUT2D eigenvalue weighted by atomic mass is 32.2. The normalized spacial score (nSPS) is 17.0. The lowest BCUT2D eigenvalue weighted by molar-refractivity contribution is 0.297. The predicted octanol–water partition coefficient (Wildman–Crippen LogP) is 2.09. The third-order valence-corrected chi connectivity index (χ3v) is 7.26. The second kappa shape index (κ2) is 7.26. The lowest BCUT2D eigenvalue weighted by Crippen LogP contribution is -2.25. The maximum Gasteiger partial charge on any atom is 0.262 e. The van der Waals surface area contributed by atoms with Crippen LogP contribution in [0.3, 0.4) is 0 Å². The average Bonchev–Trinajstić information content (AvgIpc) is 3.47. The Labute approximate surface area is 164 Å². The number of fused-ring (bicyclic) bond motifs is 1. The van der Waals surface area contributed by atoms with Gasteiger partial charge in [0.1, 0.15) is 0 Å². The van der Waals surface area contributed by atoms with Crippen LogP contribution in [0.25, 0.3) is 0 Å². The monoisotopic (exact) mass is 424 g/mol. The molecule has 2 aliphatic rings. The fourth-order valence-corrected chi connectivity index (χ4v) is 5.09. The summed E-state index contributed by atoms with van der Waals surface area (Å²) in [4.78, 5) is 0.127. The second-order valence-corrected chi connectivity index (χ2v) is 10.1. The molecule has 2 aromatic rings. The van der Waals surface area contributed by atoms with Crippen molar-refractivity contribution in [1.82, 2.24) is 4.72 Å². The standard InChI is InChI=1S/C18H20N2O6S2/c21-27(22,19-13-2-3-13)15-6-4-14(5-7-15)20-28(23,24)16-8-9-17-18(12-16)26-11-1-10-25-17/h4-9,12-13,19-20H,1-3,10-11H2. The van der Waals surface area contributed by atoms with Gasteiger partial charge in [-0.2, -0.15) is 0 Å². The van der Waals surface area contributed by atoms with Crippen LogP contribution in [0.1, 0.15) is 19.3 Å². The van der Waals surface area contributed by atoms with Crippen LogP contribution < -0.4 is 18.9 Å². The summed E-state index contributed by atoms with van der Waals surface area (Å²) in [6.07, 6.45) is 2.40. The molecule has 1 heterocycles. The Bertz CT molecular complexity index is 1080. The first-order valence-corrected chi connectivity index (χ1v) is 11.8. The molecule has 1 aliphatic carbocycles. The van der Waals surface area contributed by atoms with Gasteiger partial charge in [0.2, 0.25) is 10.0 Å². The third kappa shape index (κ3) is 4.23. The topological polar surface area (TPSA) is 111 Å². The molecule has 0 radical (unpaired) electrons. The third-order valence-electron chi connectivity index (χ3n) is 4.35. The summed E-state index contributed by atoms with van der Waals surface area (Å²) >= 11 is 0. The molecule has 1 fully saturated rings. The lowest BCUT2D eigenvalue weighted by atomic mass is 10.3. The fraction of sp³-hybridized carbons (Fsp3) is 0.333. The Hall–Kier alpha value is -2.30. The van der Waals surface area contributed by atoms with Crippen LogP contribution in [0.5, 0.6) is 11.5 Å². The van der Waals surface area contributed by atoms with E-state index in [0.29, 0.717) is 24.7 Å². The van der Waals surface area contributed by atoms with Crippen molar-refractivity contribution in [2.45, 2.75) is 35.1 Å². The molecule has 0 spiro atoms. The molecule has 1 saturated carbocycles. The van der Waals surface area contributed by atoms with Crippen LogP contribution in [0.15, 0.2) is 52.3 Å². The molecular formula is C18H20N2O6S2. The van der Waals surface area contributed by atoms with E-state index in [1.165, 1.54) is 36.4 Å². The molecule has 2 aromatic carbocycles. The molecule has 2 N–H and O–H groups in total. The largest absolute Gasteiger partial charge is 0.490 e. The van der Waals surface area contributed by atoms with Crippen molar-refractivity contribution < 1.29 is 26.3 Å². The average molecular weight is 425 g/mol. The Balaban J connectivity index is 1.52.